The summed E-state index contributed by atoms with van der Waals surface area (Å²) in [5.74, 6) is 0.0559. The number of likely N-dealkylation sites (tertiary alicyclic amines) is 1. The number of hydrogen-bond donors (Lipinski definition) is 1. The van der Waals surface area contributed by atoms with Crippen molar-refractivity contribution in [3.63, 3.8) is 0 Å². The zero-order chi connectivity index (χ0) is 18.7. The topological polar surface area (TPSA) is 62.3 Å². The second kappa shape index (κ2) is 8.18. The summed E-state index contributed by atoms with van der Waals surface area (Å²) >= 11 is 9.42. The summed E-state index contributed by atoms with van der Waals surface area (Å²) in [6.07, 6.45) is 1.53. The van der Waals surface area contributed by atoms with E-state index < -0.39 is 0 Å². The Morgan fingerprint density at radius 3 is 2.88 bits per heavy atom. The van der Waals surface area contributed by atoms with Gasteiger partial charge >= 0.3 is 0 Å². The van der Waals surface area contributed by atoms with Crippen LogP contribution in [0.15, 0.2) is 40.9 Å². The number of pyridine rings is 1. The maximum Gasteiger partial charge on any atom is 0.255 e. The Labute approximate surface area is 165 Å². The molecule has 1 atom stereocenters. The van der Waals surface area contributed by atoms with Crippen molar-refractivity contribution in [3.05, 3.63) is 57.2 Å². The molecule has 0 spiro atoms. The van der Waals surface area contributed by atoms with Crippen molar-refractivity contribution in [1.82, 2.24) is 9.88 Å². The zero-order valence-electron chi connectivity index (χ0n) is 14.3. The van der Waals surface area contributed by atoms with Gasteiger partial charge in [-0.15, -0.1) is 0 Å². The molecule has 1 aromatic heterocycles. The standard InChI is InChI=1S/C19H19BrClN3O2/c1-12-4-2-6-17(22-12)23-18(25)13-5-3-9-24(11-13)19(26)15-10-14(21)7-8-16(15)20/h2,4,6-8,10,13H,3,5,9,11H2,1H3,(H,22,23,25). The molecule has 2 aromatic rings. The minimum absolute atomic E-state index is 0.106. The molecule has 0 aliphatic carbocycles. The quantitative estimate of drug-likeness (QED) is 0.780. The first kappa shape index (κ1) is 18.9. The molecule has 1 aromatic carbocycles. The van der Waals surface area contributed by atoms with Crippen LogP contribution >= 0.6 is 27.5 Å². The normalized spacial score (nSPS) is 17.0. The van der Waals surface area contributed by atoms with E-state index in [2.05, 4.69) is 26.2 Å². The van der Waals surface area contributed by atoms with Gasteiger partial charge < -0.3 is 10.2 Å². The molecule has 26 heavy (non-hydrogen) atoms. The fourth-order valence-electron chi connectivity index (χ4n) is 3.05. The lowest BCUT2D eigenvalue weighted by Crippen LogP contribution is -2.44. The molecule has 0 saturated carbocycles. The van der Waals surface area contributed by atoms with Crippen molar-refractivity contribution >= 4 is 45.2 Å². The van der Waals surface area contributed by atoms with Gasteiger partial charge in [-0.2, -0.15) is 0 Å². The molecule has 1 unspecified atom stereocenters. The number of amides is 2. The Balaban J connectivity index is 1.69. The maximum atomic E-state index is 12.8. The number of anilines is 1. The lowest BCUT2D eigenvalue weighted by molar-refractivity contribution is -0.121. The number of aryl methyl sites for hydroxylation is 1. The third-order valence-corrected chi connectivity index (χ3v) is 5.30. The predicted molar refractivity (Wildman–Crippen MR) is 105 cm³/mol. The van der Waals surface area contributed by atoms with Crippen molar-refractivity contribution in [1.29, 1.82) is 0 Å². The predicted octanol–water partition coefficient (Wildman–Crippen LogP) is 4.30. The molecule has 1 N–H and O–H groups in total. The van der Waals surface area contributed by atoms with E-state index in [1.54, 1.807) is 29.2 Å². The molecule has 3 rings (SSSR count). The molecule has 1 saturated heterocycles. The first-order valence-corrected chi connectivity index (χ1v) is 9.60. The Kier molecular flexibility index (Phi) is 5.94. The van der Waals surface area contributed by atoms with E-state index in [4.69, 9.17) is 11.6 Å². The van der Waals surface area contributed by atoms with E-state index >= 15 is 0 Å². The summed E-state index contributed by atoms with van der Waals surface area (Å²) in [5.41, 5.74) is 1.35. The number of carbonyl (C=O) groups is 2. The number of nitrogens with zero attached hydrogens (tertiary/aromatic N) is 2. The van der Waals surface area contributed by atoms with Crippen molar-refractivity contribution in [2.45, 2.75) is 19.8 Å². The van der Waals surface area contributed by atoms with Crippen LogP contribution < -0.4 is 5.32 Å². The second-order valence-corrected chi connectivity index (χ2v) is 7.66. The molecule has 1 fully saturated rings. The Bertz CT molecular complexity index is 843. The summed E-state index contributed by atoms with van der Waals surface area (Å²) in [7, 11) is 0. The lowest BCUT2D eigenvalue weighted by atomic mass is 9.96. The van der Waals surface area contributed by atoms with Crippen LogP contribution in [0.25, 0.3) is 0 Å². The third-order valence-electron chi connectivity index (χ3n) is 4.38. The number of nitrogens with one attached hydrogen (secondary N) is 1. The first-order valence-electron chi connectivity index (χ1n) is 8.43. The van der Waals surface area contributed by atoms with Gasteiger partial charge in [0.2, 0.25) is 5.91 Å². The van der Waals surface area contributed by atoms with E-state index in [1.807, 2.05) is 19.1 Å². The van der Waals surface area contributed by atoms with Crippen LogP contribution in [0.3, 0.4) is 0 Å². The number of piperidine rings is 1. The third kappa shape index (κ3) is 4.43. The molecule has 136 valence electrons. The monoisotopic (exact) mass is 435 g/mol. The van der Waals surface area contributed by atoms with Gasteiger partial charge in [-0.05, 0) is 66.0 Å². The number of rotatable bonds is 3. The number of halogens is 2. The van der Waals surface area contributed by atoms with Gasteiger partial charge in [0.15, 0.2) is 0 Å². The number of hydrogen-bond acceptors (Lipinski definition) is 3. The second-order valence-electron chi connectivity index (χ2n) is 6.37. The molecule has 5 nitrogen and oxygen atoms in total. The van der Waals surface area contributed by atoms with Gasteiger partial charge in [-0.25, -0.2) is 4.98 Å². The lowest BCUT2D eigenvalue weighted by Gasteiger charge is -2.32. The Morgan fingerprint density at radius 1 is 1.31 bits per heavy atom. The number of aromatic nitrogens is 1. The van der Waals surface area contributed by atoms with E-state index in [-0.39, 0.29) is 17.7 Å². The number of carbonyl (C=O) groups excluding carboxylic acids is 2. The van der Waals surface area contributed by atoms with Crippen LogP contribution in [-0.4, -0.2) is 34.8 Å². The SMILES string of the molecule is Cc1cccc(NC(=O)C2CCCN(C(=O)c3cc(Cl)ccc3Br)C2)n1. The molecule has 2 amide bonds. The molecule has 2 heterocycles. The smallest absolute Gasteiger partial charge is 0.255 e. The van der Waals surface area contributed by atoms with E-state index in [9.17, 15) is 9.59 Å². The summed E-state index contributed by atoms with van der Waals surface area (Å²) in [5, 5.41) is 3.36. The van der Waals surface area contributed by atoms with Crippen LogP contribution in [0.5, 0.6) is 0 Å². The molecule has 7 heteroatoms. The van der Waals surface area contributed by atoms with E-state index in [0.717, 1.165) is 18.5 Å². The summed E-state index contributed by atoms with van der Waals surface area (Å²) in [6, 6.07) is 10.6. The summed E-state index contributed by atoms with van der Waals surface area (Å²) in [6.45, 7) is 2.89. The minimum Gasteiger partial charge on any atom is -0.338 e. The van der Waals surface area contributed by atoms with Crippen LogP contribution in [0, 0.1) is 12.8 Å². The van der Waals surface area contributed by atoms with Crippen LogP contribution in [0.4, 0.5) is 5.82 Å². The van der Waals surface area contributed by atoms with Gasteiger partial charge in [-0.1, -0.05) is 17.7 Å². The van der Waals surface area contributed by atoms with Crippen molar-refractivity contribution < 1.29 is 9.59 Å². The fraction of sp³-hybridized carbons (Fsp3) is 0.316. The van der Waals surface area contributed by atoms with Crippen molar-refractivity contribution in [2.75, 3.05) is 18.4 Å². The average molecular weight is 437 g/mol. The van der Waals surface area contributed by atoms with Crippen LogP contribution in [0.1, 0.15) is 28.9 Å². The highest BCUT2D eigenvalue weighted by Crippen LogP contribution is 2.25. The van der Waals surface area contributed by atoms with E-state index in [1.165, 1.54) is 0 Å². The molecule has 0 bridgehead atoms. The van der Waals surface area contributed by atoms with Gasteiger partial charge in [0.05, 0.1) is 11.5 Å². The van der Waals surface area contributed by atoms with Crippen molar-refractivity contribution in [2.24, 2.45) is 5.92 Å². The highest BCUT2D eigenvalue weighted by Gasteiger charge is 2.30. The first-order chi connectivity index (χ1) is 12.4. The largest absolute Gasteiger partial charge is 0.338 e. The van der Waals surface area contributed by atoms with Crippen molar-refractivity contribution in [3.8, 4) is 0 Å². The van der Waals surface area contributed by atoms with Crippen LogP contribution in [-0.2, 0) is 4.79 Å². The molecular formula is C19H19BrClN3O2. The maximum absolute atomic E-state index is 12.8. The van der Waals surface area contributed by atoms with E-state index in [0.29, 0.717) is 34.0 Å². The highest BCUT2D eigenvalue weighted by atomic mass is 79.9. The molecule has 1 aliphatic heterocycles. The minimum atomic E-state index is -0.257. The Morgan fingerprint density at radius 2 is 2.12 bits per heavy atom. The van der Waals surface area contributed by atoms with Gasteiger partial charge in [0.1, 0.15) is 5.82 Å². The number of benzene rings is 1. The molecule has 1 aliphatic rings. The Hall–Kier alpha value is -1.92. The average Bonchev–Trinajstić information content (AvgIpc) is 2.63. The fourth-order valence-corrected chi connectivity index (χ4v) is 3.64. The molecule has 0 radical (unpaired) electrons. The van der Waals surface area contributed by atoms with Gasteiger partial charge in [0, 0.05) is 28.3 Å². The summed E-state index contributed by atoms with van der Waals surface area (Å²) < 4.78 is 0.697. The van der Waals surface area contributed by atoms with Gasteiger partial charge in [-0.3, -0.25) is 9.59 Å². The van der Waals surface area contributed by atoms with Crippen LogP contribution in [0.2, 0.25) is 5.02 Å². The highest BCUT2D eigenvalue weighted by molar-refractivity contribution is 9.10. The molecular weight excluding hydrogens is 418 g/mol. The zero-order valence-corrected chi connectivity index (χ0v) is 16.7. The summed E-state index contributed by atoms with van der Waals surface area (Å²) in [4.78, 5) is 31.4. The van der Waals surface area contributed by atoms with Gasteiger partial charge in [0.25, 0.3) is 5.91 Å².